The first-order valence-corrected chi connectivity index (χ1v) is 11.6. The van der Waals surface area contributed by atoms with E-state index in [9.17, 15) is 14.0 Å². The molecule has 2 heterocycles. The summed E-state index contributed by atoms with van der Waals surface area (Å²) in [5.41, 5.74) is 3.07. The van der Waals surface area contributed by atoms with Crippen LogP contribution in [0.1, 0.15) is 47.4 Å². The van der Waals surface area contributed by atoms with E-state index in [1.165, 1.54) is 12.1 Å². The summed E-state index contributed by atoms with van der Waals surface area (Å²) >= 11 is 1.55. The molecule has 7 heteroatoms. The Balaban J connectivity index is 1.68. The number of ether oxygens (including phenoxy) is 2. The van der Waals surface area contributed by atoms with Crippen LogP contribution in [-0.2, 0) is 20.9 Å². The molecule has 1 N–H and O–H groups in total. The number of halogens is 1. The summed E-state index contributed by atoms with van der Waals surface area (Å²) in [7, 11) is 0. The Labute approximate surface area is 190 Å². The van der Waals surface area contributed by atoms with Crippen LogP contribution >= 0.6 is 11.3 Å². The normalized spacial score (nSPS) is 20.6. The molecule has 1 aliphatic heterocycles. The summed E-state index contributed by atoms with van der Waals surface area (Å²) in [4.78, 5) is 27.8. The summed E-state index contributed by atoms with van der Waals surface area (Å²) in [6.07, 6.45) is 2.02. The van der Waals surface area contributed by atoms with Gasteiger partial charge in [-0.25, -0.2) is 4.39 Å². The molecule has 0 spiro atoms. The van der Waals surface area contributed by atoms with Crippen molar-refractivity contribution in [3.63, 3.8) is 0 Å². The molecular formula is C25H26FNO4S. The molecule has 32 heavy (non-hydrogen) atoms. The highest BCUT2D eigenvalue weighted by molar-refractivity contribution is 7.12. The van der Waals surface area contributed by atoms with Gasteiger partial charge in [0.15, 0.2) is 5.78 Å². The third-order valence-electron chi connectivity index (χ3n) is 5.88. The number of hydrogen-bond acceptors (Lipinski definition) is 6. The number of nitrogens with one attached hydrogen (secondary N) is 1. The second-order valence-electron chi connectivity index (χ2n) is 8.00. The second-order valence-corrected chi connectivity index (χ2v) is 9.29. The molecule has 0 fully saturated rings. The van der Waals surface area contributed by atoms with Crippen molar-refractivity contribution >= 4 is 23.1 Å². The molecule has 0 bridgehead atoms. The lowest BCUT2D eigenvalue weighted by Gasteiger charge is -2.37. The van der Waals surface area contributed by atoms with Crippen molar-refractivity contribution < 1.29 is 23.5 Å². The van der Waals surface area contributed by atoms with E-state index in [1.54, 1.807) is 30.4 Å². The Hall–Kier alpha value is -2.93. The fraction of sp³-hybridized carbons (Fsp3) is 0.360. The van der Waals surface area contributed by atoms with Crippen molar-refractivity contribution in [3.05, 3.63) is 75.0 Å². The van der Waals surface area contributed by atoms with Crippen molar-refractivity contribution in [2.24, 2.45) is 5.92 Å². The highest BCUT2D eigenvalue weighted by Crippen LogP contribution is 2.47. The first-order chi connectivity index (χ1) is 15.4. The highest BCUT2D eigenvalue weighted by atomic mass is 32.1. The number of carbonyl (C=O) groups is 2. The van der Waals surface area contributed by atoms with Gasteiger partial charge in [0.1, 0.15) is 24.1 Å². The van der Waals surface area contributed by atoms with Gasteiger partial charge in [-0.15, -0.1) is 11.3 Å². The van der Waals surface area contributed by atoms with Crippen LogP contribution in [0.4, 0.5) is 4.39 Å². The van der Waals surface area contributed by atoms with E-state index >= 15 is 0 Å². The fourth-order valence-corrected chi connectivity index (χ4v) is 5.53. The number of esters is 1. The molecule has 168 valence electrons. The van der Waals surface area contributed by atoms with Crippen LogP contribution in [-0.4, -0.2) is 18.4 Å². The largest absolute Gasteiger partial charge is 0.489 e. The van der Waals surface area contributed by atoms with Gasteiger partial charge in [0.05, 0.1) is 6.61 Å². The molecule has 2 atom stereocenters. The van der Waals surface area contributed by atoms with E-state index in [-0.39, 0.29) is 24.2 Å². The van der Waals surface area contributed by atoms with Gasteiger partial charge in [-0.3, -0.25) is 9.59 Å². The van der Waals surface area contributed by atoms with Gasteiger partial charge in [0.2, 0.25) is 0 Å². The average molecular weight is 456 g/mol. The smallest absolute Gasteiger partial charge is 0.315 e. The van der Waals surface area contributed by atoms with Crippen LogP contribution < -0.4 is 10.1 Å². The third kappa shape index (κ3) is 4.35. The van der Waals surface area contributed by atoms with Crippen molar-refractivity contribution in [1.29, 1.82) is 0 Å². The van der Waals surface area contributed by atoms with E-state index in [2.05, 4.69) is 11.9 Å². The Morgan fingerprint density at radius 2 is 2.03 bits per heavy atom. The Morgan fingerprint density at radius 1 is 1.28 bits per heavy atom. The second kappa shape index (κ2) is 9.28. The first kappa shape index (κ1) is 22.3. The zero-order valence-electron chi connectivity index (χ0n) is 18.2. The van der Waals surface area contributed by atoms with E-state index in [0.29, 0.717) is 30.0 Å². The number of carbonyl (C=O) groups excluding carboxylic acids is 2. The van der Waals surface area contributed by atoms with Crippen molar-refractivity contribution in [2.45, 2.75) is 45.6 Å². The molecule has 1 aromatic carbocycles. The van der Waals surface area contributed by atoms with Gasteiger partial charge in [-0.1, -0.05) is 6.58 Å². The molecule has 0 radical (unpaired) electrons. The Kier molecular flexibility index (Phi) is 6.46. The van der Waals surface area contributed by atoms with Gasteiger partial charge in [0, 0.05) is 44.6 Å². The van der Waals surface area contributed by atoms with Crippen LogP contribution in [0.3, 0.4) is 0 Å². The van der Waals surface area contributed by atoms with E-state index in [0.717, 1.165) is 33.9 Å². The number of aryl methyl sites for hydroxylation is 1. The molecule has 1 aromatic heterocycles. The minimum Gasteiger partial charge on any atom is -0.489 e. The summed E-state index contributed by atoms with van der Waals surface area (Å²) in [6, 6.07) is 7.89. The molecule has 1 aliphatic carbocycles. The number of hydrogen-bond donors (Lipinski definition) is 1. The van der Waals surface area contributed by atoms with E-state index in [1.807, 2.05) is 13.0 Å². The number of Topliss-reactive ketones (excluding diaryl/α,β-unsaturated/α-hetero) is 1. The maximum absolute atomic E-state index is 13.1. The third-order valence-corrected chi connectivity index (χ3v) is 7.06. The number of thiophene rings is 1. The first-order valence-electron chi connectivity index (χ1n) is 10.7. The Bertz CT molecular complexity index is 1090. The molecule has 2 aliphatic rings. The van der Waals surface area contributed by atoms with Crippen molar-refractivity contribution in [1.82, 2.24) is 5.32 Å². The quantitative estimate of drug-likeness (QED) is 0.610. The number of rotatable bonds is 6. The highest BCUT2D eigenvalue weighted by Gasteiger charge is 2.44. The monoisotopic (exact) mass is 455 g/mol. The topological polar surface area (TPSA) is 64.6 Å². The number of benzene rings is 1. The van der Waals surface area contributed by atoms with E-state index < -0.39 is 11.8 Å². The Morgan fingerprint density at radius 3 is 2.75 bits per heavy atom. The molecule has 2 aromatic rings. The molecule has 0 saturated heterocycles. The summed E-state index contributed by atoms with van der Waals surface area (Å²) in [5, 5.41) is 3.22. The average Bonchev–Trinajstić information content (AvgIpc) is 3.13. The molecule has 2 unspecified atom stereocenters. The van der Waals surface area contributed by atoms with Crippen LogP contribution in [0.5, 0.6) is 5.75 Å². The van der Waals surface area contributed by atoms with E-state index in [4.69, 9.17) is 9.47 Å². The SMILES string of the molecule is C=C1NC2=C(C(=O)CCC2)C(c2cc(COc3ccc(F)cc3)c(C)s2)C1C(=O)OCC. The predicted molar refractivity (Wildman–Crippen MR) is 121 cm³/mol. The summed E-state index contributed by atoms with van der Waals surface area (Å²) in [6.45, 7) is 8.42. The predicted octanol–water partition coefficient (Wildman–Crippen LogP) is 5.16. The molecule has 4 rings (SSSR count). The summed E-state index contributed by atoms with van der Waals surface area (Å²) in [5.74, 6) is -1.14. The fourth-order valence-electron chi connectivity index (χ4n) is 4.34. The standard InChI is InChI=1S/C25H26FNO4S/c1-4-30-25(29)22-14(2)27-19-6-5-7-20(28)23(19)24(22)21-12-16(15(3)32-21)13-31-18-10-8-17(26)9-11-18/h8-12,22,24,27H,2,4-7,13H2,1,3H3. The maximum Gasteiger partial charge on any atom is 0.315 e. The lowest BCUT2D eigenvalue weighted by atomic mass is 9.74. The number of ketones is 1. The minimum absolute atomic E-state index is 0.0701. The maximum atomic E-state index is 13.1. The lowest BCUT2D eigenvalue weighted by Crippen LogP contribution is -2.40. The van der Waals surface area contributed by atoms with Crippen molar-refractivity contribution in [2.75, 3.05) is 6.61 Å². The van der Waals surface area contributed by atoms with Gasteiger partial charge in [-0.05, 0) is 57.0 Å². The number of allylic oxidation sites excluding steroid dienone is 2. The molecule has 5 nitrogen and oxygen atoms in total. The van der Waals surface area contributed by atoms with Crippen LogP contribution in [0, 0.1) is 18.7 Å². The van der Waals surface area contributed by atoms with Crippen LogP contribution in [0.15, 0.2) is 53.9 Å². The zero-order valence-corrected chi connectivity index (χ0v) is 19.0. The van der Waals surface area contributed by atoms with Crippen LogP contribution in [0.2, 0.25) is 0 Å². The van der Waals surface area contributed by atoms with Gasteiger partial charge >= 0.3 is 5.97 Å². The zero-order chi connectivity index (χ0) is 22.8. The summed E-state index contributed by atoms with van der Waals surface area (Å²) < 4.78 is 24.3. The molecular weight excluding hydrogens is 429 g/mol. The van der Waals surface area contributed by atoms with Crippen LogP contribution in [0.25, 0.3) is 0 Å². The minimum atomic E-state index is -0.667. The van der Waals surface area contributed by atoms with Gasteiger partial charge in [0.25, 0.3) is 0 Å². The molecule has 0 saturated carbocycles. The molecule has 0 amide bonds. The lowest BCUT2D eigenvalue weighted by molar-refractivity contribution is -0.147. The van der Waals surface area contributed by atoms with Gasteiger partial charge < -0.3 is 14.8 Å². The van der Waals surface area contributed by atoms with Gasteiger partial charge in [-0.2, -0.15) is 0 Å². The van der Waals surface area contributed by atoms with Crippen molar-refractivity contribution in [3.8, 4) is 5.75 Å².